The van der Waals surface area contributed by atoms with Crippen molar-refractivity contribution in [3.63, 3.8) is 0 Å². The highest BCUT2D eigenvalue weighted by Crippen LogP contribution is 2.28. The first-order valence-electron chi connectivity index (χ1n) is 8.56. The molecule has 0 aliphatic carbocycles. The fourth-order valence-corrected chi connectivity index (χ4v) is 2.98. The summed E-state index contributed by atoms with van der Waals surface area (Å²) >= 11 is 0. The van der Waals surface area contributed by atoms with Crippen LogP contribution >= 0.6 is 0 Å². The van der Waals surface area contributed by atoms with Gasteiger partial charge in [-0.3, -0.25) is 4.57 Å². The molecule has 5 heteroatoms. The minimum Gasteiger partial charge on any atom is -0.464 e. The van der Waals surface area contributed by atoms with Gasteiger partial charge in [-0.15, -0.1) is 0 Å². The van der Waals surface area contributed by atoms with Gasteiger partial charge in [-0.2, -0.15) is 0 Å². The number of nitrogens with two attached hydrogens (primary N) is 1. The predicted octanol–water partition coefficient (Wildman–Crippen LogP) is 4.34. The van der Waals surface area contributed by atoms with E-state index in [0.29, 0.717) is 28.8 Å². The normalized spacial score (nSPS) is 11.0. The average molecular weight is 349 g/mol. The number of carbonyl (C=O) groups excluding carboxylic acids is 1. The molecular weight excluding hydrogens is 326 g/mol. The maximum Gasteiger partial charge on any atom is 0.358 e. The Morgan fingerprint density at radius 2 is 1.85 bits per heavy atom. The zero-order chi connectivity index (χ0) is 18.8. The number of ether oxygens (including phenoxy) is 1. The topological polar surface area (TPSA) is 70.1 Å². The zero-order valence-corrected chi connectivity index (χ0v) is 15.5. The van der Waals surface area contributed by atoms with Crippen LogP contribution in [0.1, 0.15) is 41.5 Å². The van der Waals surface area contributed by atoms with Gasteiger partial charge in [-0.05, 0) is 36.6 Å². The van der Waals surface area contributed by atoms with Crippen molar-refractivity contribution in [3.8, 4) is 17.1 Å². The molecule has 0 amide bonds. The highest BCUT2D eigenvalue weighted by Gasteiger charge is 2.22. The van der Waals surface area contributed by atoms with Crippen LogP contribution in [0.4, 0.5) is 5.69 Å². The van der Waals surface area contributed by atoms with E-state index in [9.17, 15) is 4.79 Å². The summed E-state index contributed by atoms with van der Waals surface area (Å²) in [5.41, 5.74) is 10.7. The third-order valence-corrected chi connectivity index (χ3v) is 4.45. The average Bonchev–Trinajstić information content (AvgIpc) is 2.98. The van der Waals surface area contributed by atoms with Crippen LogP contribution < -0.4 is 5.73 Å². The van der Waals surface area contributed by atoms with Crippen molar-refractivity contribution in [2.45, 2.75) is 26.7 Å². The van der Waals surface area contributed by atoms with Crippen LogP contribution in [0.3, 0.4) is 0 Å². The Bertz CT molecular complexity index is 940. The lowest BCUT2D eigenvalue weighted by molar-refractivity contribution is 0.0593. The van der Waals surface area contributed by atoms with Crippen molar-refractivity contribution in [1.29, 1.82) is 0 Å². The van der Waals surface area contributed by atoms with Crippen molar-refractivity contribution >= 4 is 11.7 Å². The molecule has 3 rings (SSSR count). The van der Waals surface area contributed by atoms with Gasteiger partial charge in [0.15, 0.2) is 5.69 Å². The molecule has 1 heterocycles. The van der Waals surface area contributed by atoms with E-state index in [1.54, 1.807) is 0 Å². The van der Waals surface area contributed by atoms with Crippen molar-refractivity contribution in [1.82, 2.24) is 9.55 Å². The molecule has 0 atom stereocenters. The van der Waals surface area contributed by atoms with Gasteiger partial charge in [0.05, 0.1) is 12.8 Å². The lowest BCUT2D eigenvalue weighted by atomic mass is 10.0. The lowest BCUT2D eigenvalue weighted by Crippen LogP contribution is -2.05. The first-order valence-corrected chi connectivity index (χ1v) is 8.56. The number of benzene rings is 2. The highest BCUT2D eigenvalue weighted by atomic mass is 16.5. The number of carbonyl (C=O) groups is 1. The number of esters is 1. The van der Waals surface area contributed by atoms with E-state index in [2.05, 4.69) is 31.0 Å². The molecule has 0 aliphatic rings. The number of imidazole rings is 1. The Kier molecular flexibility index (Phi) is 4.80. The standard InChI is InChI=1S/C21H23N3O2/c1-13(2)15-8-10-16(11-9-15)20-23-19(21(25)26-4)14(3)24(20)18-7-5-6-17(22)12-18/h5-13H,22H2,1-4H3. The molecule has 1 aromatic heterocycles. The fourth-order valence-electron chi connectivity index (χ4n) is 2.98. The monoisotopic (exact) mass is 349 g/mol. The summed E-state index contributed by atoms with van der Waals surface area (Å²) in [6, 6.07) is 15.8. The van der Waals surface area contributed by atoms with E-state index in [0.717, 1.165) is 11.3 Å². The van der Waals surface area contributed by atoms with Gasteiger partial charge in [-0.1, -0.05) is 44.2 Å². The quantitative estimate of drug-likeness (QED) is 0.562. The molecular formula is C21H23N3O2. The third kappa shape index (κ3) is 3.20. The van der Waals surface area contributed by atoms with Crippen LogP contribution in [0.15, 0.2) is 48.5 Å². The van der Waals surface area contributed by atoms with Crippen LogP contribution in [0, 0.1) is 6.92 Å². The Morgan fingerprint density at radius 3 is 2.42 bits per heavy atom. The largest absolute Gasteiger partial charge is 0.464 e. The number of nitrogen functional groups attached to an aromatic ring is 1. The molecule has 0 unspecified atom stereocenters. The number of hydrogen-bond acceptors (Lipinski definition) is 4. The maximum atomic E-state index is 12.2. The van der Waals surface area contributed by atoms with E-state index in [4.69, 9.17) is 10.5 Å². The van der Waals surface area contributed by atoms with E-state index >= 15 is 0 Å². The maximum absolute atomic E-state index is 12.2. The van der Waals surface area contributed by atoms with Crippen molar-refractivity contribution in [3.05, 3.63) is 65.5 Å². The van der Waals surface area contributed by atoms with E-state index < -0.39 is 5.97 Å². The molecule has 0 fully saturated rings. The SMILES string of the molecule is COC(=O)c1nc(-c2ccc(C(C)C)cc2)n(-c2cccc(N)c2)c1C. The second kappa shape index (κ2) is 7.04. The van der Waals surface area contributed by atoms with Crippen LogP contribution in [0.25, 0.3) is 17.1 Å². The van der Waals surface area contributed by atoms with Crippen molar-refractivity contribution in [2.75, 3.05) is 12.8 Å². The number of rotatable bonds is 4. The summed E-state index contributed by atoms with van der Waals surface area (Å²) < 4.78 is 6.83. The summed E-state index contributed by atoms with van der Waals surface area (Å²) in [6.45, 7) is 6.17. The minimum atomic E-state index is -0.454. The Morgan fingerprint density at radius 1 is 1.15 bits per heavy atom. The summed E-state index contributed by atoms with van der Waals surface area (Å²) in [5.74, 6) is 0.680. The first kappa shape index (κ1) is 17.7. The molecule has 26 heavy (non-hydrogen) atoms. The lowest BCUT2D eigenvalue weighted by Gasteiger charge is -2.12. The van der Waals surface area contributed by atoms with Crippen LogP contribution in [-0.2, 0) is 4.74 Å². The Hall–Kier alpha value is -3.08. The number of methoxy groups -OCH3 is 1. The van der Waals surface area contributed by atoms with E-state index in [-0.39, 0.29) is 0 Å². The second-order valence-corrected chi connectivity index (χ2v) is 6.57. The first-order chi connectivity index (χ1) is 12.4. The van der Waals surface area contributed by atoms with Crippen LogP contribution in [0.2, 0.25) is 0 Å². The number of hydrogen-bond donors (Lipinski definition) is 1. The third-order valence-electron chi connectivity index (χ3n) is 4.45. The zero-order valence-electron chi connectivity index (χ0n) is 15.5. The molecule has 0 radical (unpaired) electrons. The van der Waals surface area contributed by atoms with Gasteiger partial charge >= 0.3 is 5.97 Å². The molecule has 0 saturated carbocycles. The van der Waals surface area contributed by atoms with Gasteiger partial charge in [0.2, 0.25) is 0 Å². The summed E-state index contributed by atoms with van der Waals surface area (Å²) in [7, 11) is 1.36. The van der Waals surface area contributed by atoms with Crippen molar-refractivity contribution < 1.29 is 9.53 Å². The van der Waals surface area contributed by atoms with E-state index in [1.807, 2.05) is 47.9 Å². The van der Waals surface area contributed by atoms with Gasteiger partial charge in [0.25, 0.3) is 0 Å². The number of nitrogens with zero attached hydrogens (tertiary/aromatic N) is 2. The smallest absolute Gasteiger partial charge is 0.358 e. The second-order valence-electron chi connectivity index (χ2n) is 6.57. The van der Waals surface area contributed by atoms with Gasteiger partial charge in [0, 0.05) is 16.9 Å². The Balaban J connectivity index is 2.21. The fraction of sp³-hybridized carbons (Fsp3) is 0.238. The molecule has 3 aromatic rings. The van der Waals surface area contributed by atoms with Gasteiger partial charge in [-0.25, -0.2) is 9.78 Å². The van der Waals surface area contributed by atoms with Crippen LogP contribution in [-0.4, -0.2) is 22.6 Å². The molecule has 2 N–H and O–H groups in total. The molecule has 134 valence electrons. The molecule has 0 saturated heterocycles. The minimum absolute atomic E-state index is 0.304. The predicted molar refractivity (Wildman–Crippen MR) is 104 cm³/mol. The molecule has 2 aromatic carbocycles. The van der Waals surface area contributed by atoms with Gasteiger partial charge < -0.3 is 10.5 Å². The van der Waals surface area contributed by atoms with Crippen molar-refractivity contribution in [2.24, 2.45) is 0 Å². The van der Waals surface area contributed by atoms with Gasteiger partial charge in [0.1, 0.15) is 5.82 Å². The molecule has 0 spiro atoms. The number of aromatic nitrogens is 2. The van der Waals surface area contributed by atoms with Crippen LogP contribution in [0.5, 0.6) is 0 Å². The van der Waals surface area contributed by atoms with E-state index in [1.165, 1.54) is 12.7 Å². The summed E-state index contributed by atoms with van der Waals surface area (Å²) in [5, 5.41) is 0. The number of anilines is 1. The molecule has 5 nitrogen and oxygen atoms in total. The molecule has 0 aliphatic heterocycles. The highest BCUT2D eigenvalue weighted by molar-refractivity contribution is 5.90. The Labute approximate surface area is 153 Å². The molecule has 0 bridgehead atoms. The summed E-state index contributed by atoms with van der Waals surface area (Å²) in [6.07, 6.45) is 0. The summed E-state index contributed by atoms with van der Waals surface area (Å²) in [4.78, 5) is 16.7.